The molecule has 1 N–H and O–H groups in total. The molecule has 0 amide bonds. The van der Waals surface area contributed by atoms with E-state index in [4.69, 9.17) is 16.3 Å². The minimum atomic E-state index is 0.224. The van der Waals surface area contributed by atoms with Crippen molar-refractivity contribution in [2.75, 3.05) is 24.9 Å². The predicted molar refractivity (Wildman–Crippen MR) is 63.6 cm³/mol. The standard InChI is InChI=1S/C11H17ClN2O/c1-9-4-3-5-11(13-9)14-10(6-7-12)8-15-2/h3-5,10H,6-8H2,1-2H3,(H,13,14). The number of aryl methyl sites for hydroxylation is 1. The Morgan fingerprint density at radius 1 is 1.53 bits per heavy atom. The Balaban J connectivity index is 2.56. The molecule has 1 aromatic heterocycles. The number of alkyl halides is 1. The van der Waals surface area contributed by atoms with Crippen LogP contribution in [-0.4, -0.2) is 30.6 Å². The summed E-state index contributed by atoms with van der Waals surface area (Å²) in [6.45, 7) is 2.61. The van der Waals surface area contributed by atoms with Crippen LogP contribution in [0.25, 0.3) is 0 Å². The molecule has 15 heavy (non-hydrogen) atoms. The van der Waals surface area contributed by atoms with Crippen molar-refractivity contribution in [3.05, 3.63) is 23.9 Å². The van der Waals surface area contributed by atoms with E-state index >= 15 is 0 Å². The molecule has 84 valence electrons. The van der Waals surface area contributed by atoms with Gasteiger partial charge in [-0.2, -0.15) is 0 Å². The predicted octanol–water partition coefficient (Wildman–Crippen LogP) is 2.45. The van der Waals surface area contributed by atoms with Gasteiger partial charge in [-0.05, 0) is 25.5 Å². The van der Waals surface area contributed by atoms with Crippen LogP contribution in [0.2, 0.25) is 0 Å². The number of methoxy groups -OCH3 is 1. The summed E-state index contributed by atoms with van der Waals surface area (Å²) in [6.07, 6.45) is 0.866. The molecule has 0 saturated heterocycles. The number of halogens is 1. The highest BCUT2D eigenvalue weighted by Gasteiger charge is 2.07. The Morgan fingerprint density at radius 2 is 2.33 bits per heavy atom. The first kappa shape index (κ1) is 12.3. The first-order valence-electron chi connectivity index (χ1n) is 5.01. The molecule has 0 saturated carbocycles. The number of aromatic nitrogens is 1. The fourth-order valence-electron chi connectivity index (χ4n) is 1.36. The van der Waals surface area contributed by atoms with Gasteiger partial charge in [0.25, 0.3) is 0 Å². The smallest absolute Gasteiger partial charge is 0.126 e. The molecule has 0 aliphatic carbocycles. The molecule has 1 rings (SSSR count). The number of hydrogen-bond donors (Lipinski definition) is 1. The lowest BCUT2D eigenvalue weighted by Gasteiger charge is -2.17. The molecular formula is C11H17ClN2O. The maximum absolute atomic E-state index is 5.71. The maximum atomic E-state index is 5.71. The fraction of sp³-hybridized carbons (Fsp3) is 0.545. The van der Waals surface area contributed by atoms with Crippen LogP contribution in [0.3, 0.4) is 0 Å². The Hall–Kier alpha value is -0.800. The highest BCUT2D eigenvalue weighted by Crippen LogP contribution is 2.08. The van der Waals surface area contributed by atoms with Gasteiger partial charge in [-0.15, -0.1) is 11.6 Å². The summed E-state index contributed by atoms with van der Waals surface area (Å²) in [5, 5.41) is 3.30. The highest BCUT2D eigenvalue weighted by atomic mass is 35.5. The zero-order valence-corrected chi connectivity index (χ0v) is 9.92. The van der Waals surface area contributed by atoms with Crippen molar-refractivity contribution in [1.82, 2.24) is 4.98 Å². The molecule has 0 fully saturated rings. The topological polar surface area (TPSA) is 34.1 Å². The summed E-state index contributed by atoms with van der Waals surface area (Å²) < 4.78 is 5.11. The van der Waals surface area contributed by atoms with Crippen LogP contribution < -0.4 is 5.32 Å². The Bertz CT molecular complexity index is 288. The second kappa shape index (κ2) is 6.64. The van der Waals surface area contributed by atoms with Gasteiger partial charge in [-0.25, -0.2) is 4.98 Å². The zero-order chi connectivity index (χ0) is 11.1. The molecule has 3 nitrogen and oxygen atoms in total. The van der Waals surface area contributed by atoms with Crippen LogP contribution in [0.15, 0.2) is 18.2 Å². The molecule has 0 spiro atoms. The lowest BCUT2D eigenvalue weighted by Crippen LogP contribution is -2.26. The molecule has 1 atom stereocenters. The average molecular weight is 229 g/mol. The minimum Gasteiger partial charge on any atom is -0.383 e. The van der Waals surface area contributed by atoms with Gasteiger partial charge in [0.1, 0.15) is 5.82 Å². The maximum Gasteiger partial charge on any atom is 0.126 e. The van der Waals surface area contributed by atoms with Crippen LogP contribution in [0.1, 0.15) is 12.1 Å². The largest absolute Gasteiger partial charge is 0.383 e. The molecule has 0 aromatic carbocycles. The number of hydrogen-bond acceptors (Lipinski definition) is 3. The van der Waals surface area contributed by atoms with Crippen molar-refractivity contribution in [2.45, 2.75) is 19.4 Å². The summed E-state index contributed by atoms with van der Waals surface area (Å²) >= 11 is 5.71. The zero-order valence-electron chi connectivity index (χ0n) is 9.16. The van der Waals surface area contributed by atoms with Gasteiger partial charge >= 0.3 is 0 Å². The number of pyridine rings is 1. The highest BCUT2D eigenvalue weighted by molar-refractivity contribution is 6.17. The van der Waals surface area contributed by atoms with E-state index in [1.165, 1.54) is 0 Å². The van der Waals surface area contributed by atoms with Crippen molar-refractivity contribution < 1.29 is 4.74 Å². The summed E-state index contributed by atoms with van der Waals surface area (Å²) in [4.78, 5) is 4.37. The van der Waals surface area contributed by atoms with Crippen molar-refractivity contribution in [3.63, 3.8) is 0 Å². The van der Waals surface area contributed by atoms with Crippen LogP contribution in [-0.2, 0) is 4.74 Å². The number of nitrogens with one attached hydrogen (secondary N) is 1. The lowest BCUT2D eigenvalue weighted by atomic mass is 10.2. The van der Waals surface area contributed by atoms with E-state index in [1.807, 2.05) is 25.1 Å². The average Bonchev–Trinajstić information content (AvgIpc) is 2.18. The molecule has 0 radical (unpaired) electrons. The van der Waals surface area contributed by atoms with Gasteiger partial charge in [0.05, 0.1) is 12.6 Å². The van der Waals surface area contributed by atoms with Crippen molar-refractivity contribution in [1.29, 1.82) is 0 Å². The van der Waals surface area contributed by atoms with E-state index < -0.39 is 0 Å². The normalized spacial score (nSPS) is 12.5. The Labute approximate surface area is 95.8 Å². The molecule has 1 aromatic rings. The van der Waals surface area contributed by atoms with Crippen molar-refractivity contribution >= 4 is 17.4 Å². The van der Waals surface area contributed by atoms with E-state index in [-0.39, 0.29) is 6.04 Å². The first-order valence-corrected chi connectivity index (χ1v) is 5.55. The first-order chi connectivity index (χ1) is 7.26. The second-order valence-electron chi connectivity index (χ2n) is 3.44. The molecule has 0 bridgehead atoms. The van der Waals surface area contributed by atoms with Gasteiger partial charge < -0.3 is 10.1 Å². The third kappa shape index (κ3) is 4.49. The number of nitrogens with zero attached hydrogens (tertiary/aromatic N) is 1. The Kier molecular flexibility index (Phi) is 5.43. The molecule has 0 aliphatic rings. The van der Waals surface area contributed by atoms with Crippen LogP contribution in [0, 0.1) is 6.92 Å². The third-order valence-electron chi connectivity index (χ3n) is 2.07. The lowest BCUT2D eigenvalue weighted by molar-refractivity contribution is 0.184. The molecular weight excluding hydrogens is 212 g/mol. The molecule has 4 heteroatoms. The summed E-state index contributed by atoms with van der Waals surface area (Å²) in [5.41, 5.74) is 1.00. The Morgan fingerprint density at radius 3 is 2.93 bits per heavy atom. The van der Waals surface area contributed by atoms with Gasteiger partial charge in [-0.3, -0.25) is 0 Å². The molecule has 0 aliphatic heterocycles. The van der Waals surface area contributed by atoms with E-state index in [9.17, 15) is 0 Å². The number of rotatable bonds is 6. The van der Waals surface area contributed by atoms with Crippen LogP contribution in [0.5, 0.6) is 0 Å². The number of ether oxygens (including phenoxy) is 1. The summed E-state index contributed by atoms with van der Waals surface area (Å²) in [6, 6.07) is 6.12. The van der Waals surface area contributed by atoms with Crippen LogP contribution >= 0.6 is 11.6 Å². The summed E-state index contributed by atoms with van der Waals surface area (Å²) in [7, 11) is 1.69. The monoisotopic (exact) mass is 228 g/mol. The SMILES string of the molecule is COCC(CCCl)Nc1cccc(C)n1. The van der Waals surface area contributed by atoms with E-state index in [1.54, 1.807) is 7.11 Å². The van der Waals surface area contributed by atoms with E-state index in [0.29, 0.717) is 12.5 Å². The van der Waals surface area contributed by atoms with Gasteiger partial charge in [0, 0.05) is 18.7 Å². The molecule has 1 heterocycles. The molecule has 1 unspecified atom stereocenters. The van der Waals surface area contributed by atoms with Gasteiger partial charge in [0.2, 0.25) is 0 Å². The minimum absolute atomic E-state index is 0.224. The van der Waals surface area contributed by atoms with Crippen molar-refractivity contribution in [3.8, 4) is 0 Å². The van der Waals surface area contributed by atoms with E-state index in [0.717, 1.165) is 17.9 Å². The summed E-state index contributed by atoms with van der Waals surface area (Å²) in [5.74, 6) is 1.49. The third-order valence-corrected chi connectivity index (χ3v) is 2.28. The van der Waals surface area contributed by atoms with Crippen LogP contribution in [0.4, 0.5) is 5.82 Å². The van der Waals surface area contributed by atoms with Crippen molar-refractivity contribution in [2.24, 2.45) is 0 Å². The van der Waals surface area contributed by atoms with E-state index in [2.05, 4.69) is 10.3 Å². The van der Waals surface area contributed by atoms with Gasteiger partial charge in [-0.1, -0.05) is 6.07 Å². The number of anilines is 1. The second-order valence-corrected chi connectivity index (χ2v) is 3.82. The fourth-order valence-corrected chi connectivity index (χ4v) is 1.63. The van der Waals surface area contributed by atoms with Gasteiger partial charge in [0.15, 0.2) is 0 Å². The quantitative estimate of drug-likeness (QED) is 0.760.